The number of nitrogens with one attached hydrogen (secondary N) is 1. The molecule has 0 spiro atoms. The maximum atomic E-state index is 12.6. The number of carbonyl (C=O) groups excluding carboxylic acids is 1. The zero-order valence-electron chi connectivity index (χ0n) is 17.6. The zero-order valence-corrected chi connectivity index (χ0v) is 17.6. The Kier molecular flexibility index (Phi) is 5.44. The fraction of sp³-hybridized carbons (Fsp3) is 0.154. The summed E-state index contributed by atoms with van der Waals surface area (Å²) >= 11 is 0. The van der Waals surface area contributed by atoms with Crippen molar-refractivity contribution in [2.75, 3.05) is 6.61 Å². The number of hydrogen-bond donors (Lipinski definition) is 2. The molecule has 0 saturated heterocycles. The lowest BCUT2D eigenvalue weighted by Crippen LogP contribution is -2.43. The minimum atomic E-state index is -1.18. The van der Waals surface area contributed by atoms with Crippen molar-refractivity contribution in [3.63, 3.8) is 0 Å². The number of aromatic nitrogens is 2. The van der Waals surface area contributed by atoms with Crippen molar-refractivity contribution >= 4 is 23.0 Å². The second-order valence-corrected chi connectivity index (χ2v) is 7.90. The number of fused-ring (bicyclic) bond motifs is 4. The summed E-state index contributed by atoms with van der Waals surface area (Å²) in [6, 6.07) is 22.2. The van der Waals surface area contributed by atoms with Crippen LogP contribution in [0.1, 0.15) is 22.7 Å². The van der Waals surface area contributed by atoms with Gasteiger partial charge in [-0.15, -0.1) is 0 Å². The van der Waals surface area contributed by atoms with E-state index in [-0.39, 0.29) is 18.9 Å². The van der Waals surface area contributed by atoms with Crippen LogP contribution >= 0.6 is 0 Å². The molecule has 0 radical (unpaired) electrons. The molecule has 1 atom stereocenters. The number of alkyl carbamates (subject to hydrolysis) is 1. The van der Waals surface area contributed by atoms with E-state index in [0.29, 0.717) is 11.2 Å². The molecule has 7 heteroatoms. The molecule has 33 heavy (non-hydrogen) atoms. The summed E-state index contributed by atoms with van der Waals surface area (Å²) in [5.41, 5.74) is 5.70. The van der Waals surface area contributed by atoms with E-state index in [9.17, 15) is 14.7 Å². The average molecular weight is 439 g/mol. The molecule has 164 valence electrons. The Morgan fingerprint density at radius 1 is 0.909 bits per heavy atom. The summed E-state index contributed by atoms with van der Waals surface area (Å²) < 4.78 is 5.50. The molecular weight excluding hydrogens is 418 g/mol. The molecule has 5 rings (SSSR count). The lowest BCUT2D eigenvalue weighted by molar-refractivity contribution is -0.139. The van der Waals surface area contributed by atoms with Crippen molar-refractivity contribution in [2.24, 2.45) is 0 Å². The average Bonchev–Trinajstić information content (AvgIpc) is 3.16. The number of carbonyl (C=O) groups is 2. The Labute approximate surface area is 190 Å². The molecule has 0 fully saturated rings. The van der Waals surface area contributed by atoms with Gasteiger partial charge >= 0.3 is 12.1 Å². The Morgan fingerprint density at radius 3 is 2.24 bits per heavy atom. The van der Waals surface area contributed by atoms with Gasteiger partial charge in [-0.3, -0.25) is 0 Å². The molecule has 0 aliphatic heterocycles. The second kappa shape index (κ2) is 8.70. The number of ether oxygens (including phenoxy) is 1. The minimum absolute atomic E-state index is 0.0164. The lowest BCUT2D eigenvalue weighted by Gasteiger charge is -2.17. The summed E-state index contributed by atoms with van der Waals surface area (Å²) in [7, 11) is 0. The van der Waals surface area contributed by atoms with Crippen LogP contribution in [-0.2, 0) is 16.0 Å². The summed E-state index contributed by atoms with van der Waals surface area (Å²) in [5.74, 6) is -1.26. The maximum Gasteiger partial charge on any atom is 0.407 e. The van der Waals surface area contributed by atoms with Gasteiger partial charge in [0.2, 0.25) is 0 Å². The van der Waals surface area contributed by atoms with Crippen LogP contribution in [0.5, 0.6) is 0 Å². The topological polar surface area (TPSA) is 101 Å². The number of amides is 1. The van der Waals surface area contributed by atoms with Crippen LogP contribution < -0.4 is 5.32 Å². The normalized spacial score (nSPS) is 13.2. The first-order valence-electron chi connectivity index (χ1n) is 10.6. The van der Waals surface area contributed by atoms with E-state index in [1.807, 2.05) is 60.7 Å². The molecular formula is C26H21N3O4. The predicted octanol–water partition coefficient (Wildman–Crippen LogP) is 4.16. The van der Waals surface area contributed by atoms with E-state index >= 15 is 0 Å². The van der Waals surface area contributed by atoms with Gasteiger partial charge in [0.1, 0.15) is 19.0 Å². The first-order valence-corrected chi connectivity index (χ1v) is 10.6. The summed E-state index contributed by atoms with van der Waals surface area (Å²) in [6.07, 6.45) is 0.634. The van der Waals surface area contributed by atoms with Gasteiger partial charge in [0.05, 0.1) is 11.2 Å². The third kappa shape index (κ3) is 4.01. The molecule has 0 bridgehead atoms. The molecule has 0 unspecified atom stereocenters. The Morgan fingerprint density at radius 2 is 1.55 bits per heavy atom. The van der Waals surface area contributed by atoms with Crippen molar-refractivity contribution in [2.45, 2.75) is 18.4 Å². The molecule has 2 N–H and O–H groups in total. The third-order valence-corrected chi connectivity index (χ3v) is 5.96. The van der Waals surface area contributed by atoms with Gasteiger partial charge in [-0.1, -0.05) is 66.7 Å². The molecule has 0 saturated carbocycles. The Balaban J connectivity index is 1.29. The fourth-order valence-electron chi connectivity index (χ4n) is 4.40. The minimum Gasteiger partial charge on any atom is -0.480 e. The molecule has 4 aromatic rings. The van der Waals surface area contributed by atoms with Crippen molar-refractivity contribution < 1.29 is 19.4 Å². The first kappa shape index (κ1) is 20.6. The van der Waals surface area contributed by atoms with Gasteiger partial charge in [-0.2, -0.15) is 0 Å². The highest BCUT2D eigenvalue weighted by atomic mass is 16.5. The van der Waals surface area contributed by atoms with Crippen LogP contribution in [-0.4, -0.2) is 39.8 Å². The van der Waals surface area contributed by atoms with E-state index in [1.165, 1.54) is 6.33 Å². The van der Waals surface area contributed by atoms with E-state index in [1.54, 1.807) is 0 Å². The van der Waals surface area contributed by atoms with Gasteiger partial charge in [0.15, 0.2) is 0 Å². The number of aliphatic carboxylic acids is 1. The van der Waals surface area contributed by atoms with Gasteiger partial charge in [-0.05, 0) is 28.3 Å². The van der Waals surface area contributed by atoms with Crippen LogP contribution in [0.3, 0.4) is 0 Å². The molecule has 1 aliphatic carbocycles. The Bertz CT molecular complexity index is 1300. The van der Waals surface area contributed by atoms with Gasteiger partial charge in [0.25, 0.3) is 0 Å². The molecule has 1 amide bonds. The van der Waals surface area contributed by atoms with Gasteiger partial charge < -0.3 is 15.2 Å². The molecule has 7 nitrogen and oxygen atoms in total. The monoisotopic (exact) mass is 439 g/mol. The number of benzene rings is 3. The van der Waals surface area contributed by atoms with Gasteiger partial charge in [-0.25, -0.2) is 19.6 Å². The number of carboxylic acids is 1. The highest BCUT2D eigenvalue weighted by Crippen LogP contribution is 2.44. The molecule has 1 aliphatic rings. The fourth-order valence-corrected chi connectivity index (χ4v) is 4.40. The van der Waals surface area contributed by atoms with E-state index in [2.05, 4.69) is 27.4 Å². The molecule has 1 heterocycles. The van der Waals surface area contributed by atoms with Gasteiger partial charge in [0, 0.05) is 17.7 Å². The summed E-state index contributed by atoms with van der Waals surface area (Å²) in [4.78, 5) is 32.8. The van der Waals surface area contributed by atoms with Crippen LogP contribution in [0.4, 0.5) is 4.79 Å². The van der Waals surface area contributed by atoms with Crippen molar-refractivity contribution in [1.82, 2.24) is 15.3 Å². The zero-order chi connectivity index (χ0) is 22.8. The highest BCUT2D eigenvalue weighted by molar-refractivity contribution is 5.84. The summed E-state index contributed by atoms with van der Waals surface area (Å²) in [6.45, 7) is 0.114. The lowest BCUT2D eigenvalue weighted by atomic mass is 9.98. The molecule has 1 aromatic heterocycles. The van der Waals surface area contributed by atoms with Crippen LogP contribution in [0.15, 0.2) is 79.1 Å². The molecule has 3 aromatic carbocycles. The number of rotatable bonds is 6. The van der Waals surface area contributed by atoms with Crippen LogP contribution in [0.25, 0.3) is 22.0 Å². The summed E-state index contributed by atoms with van der Waals surface area (Å²) in [5, 5.41) is 12.9. The SMILES string of the molecule is O=C(N[C@H](Cc1ncnc2ccccc12)C(=O)O)OCC1c2ccccc2-c2ccccc21. The number of para-hydroxylation sites is 1. The maximum absolute atomic E-state index is 12.6. The van der Waals surface area contributed by atoms with Crippen molar-refractivity contribution in [3.8, 4) is 11.1 Å². The van der Waals surface area contributed by atoms with Crippen molar-refractivity contribution in [3.05, 3.63) is 95.9 Å². The van der Waals surface area contributed by atoms with Crippen LogP contribution in [0, 0.1) is 0 Å². The van der Waals surface area contributed by atoms with Crippen LogP contribution in [0.2, 0.25) is 0 Å². The Hall–Kier alpha value is -4.26. The quantitative estimate of drug-likeness (QED) is 0.468. The van der Waals surface area contributed by atoms with E-state index in [4.69, 9.17) is 4.74 Å². The second-order valence-electron chi connectivity index (χ2n) is 7.90. The standard InChI is InChI=1S/C26H21N3O4/c30-25(31)24(13-23-20-11-5-6-12-22(20)27-15-28-23)29-26(32)33-14-21-18-9-3-1-7-16(18)17-8-2-4-10-19(17)21/h1-12,15,21,24H,13-14H2,(H,29,32)(H,30,31)/t24-/m1/s1. The van der Waals surface area contributed by atoms with Crippen molar-refractivity contribution in [1.29, 1.82) is 0 Å². The third-order valence-electron chi connectivity index (χ3n) is 5.96. The highest BCUT2D eigenvalue weighted by Gasteiger charge is 2.30. The smallest absolute Gasteiger partial charge is 0.407 e. The van der Waals surface area contributed by atoms with E-state index in [0.717, 1.165) is 27.6 Å². The largest absolute Gasteiger partial charge is 0.480 e. The predicted molar refractivity (Wildman–Crippen MR) is 123 cm³/mol. The number of hydrogen-bond acceptors (Lipinski definition) is 5. The van der Waals surface area contributed by atoms with E-state index < -0.39 is 18.1 Å². The number of nitrogens with zero attached hydrogens (tertiary/aromatic N) is 2. The number of carboxylic acid groups (broad SMARTS) is 1. The first-order chi connectivity index (χ1) is 16.1.